The number of aromatic nitrogens is 3. The summed E-state index contributed by atoms with van der Waals surface area (Å²) < 4.78 is 7.73. The molecule has 1 N–H and O–H groups in total. The molecule has 2 amide bonds. The number of benzene rings is 2. The summed E-state index contributed by atoms with van der Waals surface area (Å²) in [5.41, 5.74) is 5.96. The Balaban J connectivity index is 1.33. The lowest BCUT2D eigenvalue weighted by atomic mass is 9.99. The zero-order chi connectivity index (χ0) is 24.6. The maximum Gasteiger partial charge on any atom is 0.255 e. The Morgan fingerprint density at radius 1 is 1.11 bits per heavy atom. The molecular formula is C28H27N5O3. The van der Waals surface area contributed by atoms with Crippen molar-refractivity contribution in [3.05, 3.63) is 77.6 Å². The van der Waals surface area contributed by atoms with Gasteiger partial charge in [-0.1, -0.05) is 30.3 Å². The standard InChI is InChI=1S/C28H27N5O3/c1-18(34)32-11-9-26-24(16-32)27(31-33(26)23-10-12-36-17-23)20-6-4-7-21(13-20)28(35)30-22-14-19-5-2-3-8-25(19)29-15-22/h2-8,13-15,23H,9-12,16-17H2,1H3,(H,30,35). The van der Waals surface area contributed by atoms with E-state index >= 15 is 0 Å². The second-order valence-electron chi connectivity index (χ2n) is 9.38. The second kappa shape index (κ2) is 9.20. The Kier molecular flexibility index (Phi) is 5.73. The number of rotatable bonds is 4. The van der Waals surface area contributed by atoms with Crippen molar-refractivity contribution in [2.24, 2.45) is 0 Å². The average molecular weight is 482 g/mol. The predicted molar refractivity (Wildman–Crippen MR) is 137 cm³/mol. The van der Waals surface area contributed by atoms with Crippen molar-refractivity contribution in [1.82, 2.24) is 19.7 Å². The summed E-state index contributed by atoms with van der Waals surface area (Å²) in [4.78, 5) is 31.6. The quantitative estimate of drug-likeness (QED) is 0.472. The van der Waals surface area contributed by atoms with E-state index in [9.17, 15) is 9.59 Å². The maximum absolute atomic E-state index is 13.1. The van der Waals surface area contributed by atoms with Crippen LogP contribution in [0.1, 0.15) is 41.0 Å². The molecule has 2 aromatic carbocycles. The Hall–Kier alpha value is -4.04. The largest absolute Gasteiger partial charge is 0.379 e. The smallest absolute Gasteiger partial charge is 0.255 e. The molecule has 2 aliphatic rings. The minimum atomic E-state index is -0.211. The van der Waals surface area contributed by atoms with E-state index in [1.165, 1.54) is 0 Å². The third kappa shape index (κ3) is 4.13. The molecule has 0 spiro atoms. The second-order valence-corrected chi connectivity index (χ2v) is 9.38. The van der Waals surface area contributed by atoms with Crippen LogP contribution in [0.15, 0.2) is 60.8 Å². The van der Waals surface area contributed by atoms with Gasteiger partial charge < -0.3 is 15.0 Å². The van der Waals surface area contributed by atoms with Crippen LogP contribution in [0.4, 0.5) is 5.69 Å². The van der Waals surface area contributed by atoms with Gasteiger partial charge in [-0.15, -0.1) is 0 Å². The van der Waals surface area contributed by atoms with E-state index in [2.05, 4.69) is 15.0 Å². The van der Waals surface area contributed by atoms with Gasteiger partial charge in [-0.2, -0.15) is 5.10 Å². The summed E-state index contributed by atoms with van der Waals surface area (Å²) in [7, 11) is 0. The minimum Gasteiger partial charge on any atom is -0.379 e. The van der Waals surface area contributed by atoms with E-state index in [0.29, 0.717) is 30.9 Å². The van der Waals surface area contributed by atoms with Crippen LogP contribution in [0.2, 0.25) is 0 Å². The van der Waals surface area contributed by atoms with Gasteiger partial charge in [-0.3, -0.25) is 19.3 Å². The van der Waals surface area contributed by atoms with E-state index in [0.717, 1.165) is 52.9 Å². The van der Waals surface area contributed by atoms with Crippen LogP contribution in [-0.2, 0) is 22.5 Å². The van der Waals surface area contributed by atoms with Crippen molar-refractivity contribution in [2.45, 2.75) is 32.4 Å². The van der Waals surface area contributed by atoms with E-state index in [1.807, 2.05) is 53.4 Å². The Bertz CT molecular complexity index is 1470. The van der Waals surface area contributed by atoms with Crippen molar-refractivity contribution < 1.29 is 14.3 Å². The lowest BCUT2D eigenvalue weighted by Crippen LogP contribution is -2.35. The van der Waals surface area contributed by atoms with Gasteiger partial charge in [0.1, 0.15) is 0 Å². The number of nitrogens with zero attached hydrogens (tertiary/aromatic N) is 4. The molecule has 6 rings (SSSR count). The van der Waals surface area contributed by atoms with Gasteiger partial charge in [0.25, 0.3) is 5.91 Å². The molecule has 2 aliphatic heterocycles. The van der Waals surface area contributed by atoms with E-state index in [-0.39, 0.29) is 17.9 Å². The fourth-order valence-electron chi connectivity index (χ4n) is 5.11. The molecule has 1 unspecified atom stereocenters. The number of para-hydroxylation sites is 1. The number of carbonyl (C=O) groups is 2. The first kappa shape index (κ1) is 22.4. The first-order valence-electron chi connectivity index (χ1n) is 12.3. The van der Waals surface area contributed by atoms with Gasteiger partial charge in [0, 0.05) is 60.8 Å². The highest BCUT2D eigenvalue weighted by atomic mass is 16.5. The Labute approximate surface area is 208 Å². The molecule has 0 aliphatic carbocycles. The molecule has 0 radical (unpaired) electrons. The minimum absolute atomic E-state index is 0.0562. The number of ether oxygens (including phenoxy) is 1. The summed E-state index contributed by atoms with van der Waals surface area (Å²) in [6.45, 7) is 4.18. The highest BCUT2D eigenvalue weighted by Crippen LogP contribution is 2.34. The first-order valence-corrected chi connectivity index (χ1v) is 12.3. The molecule has 1 atom stereocenters. The predicted octanol–water partition coefficient (Wildman–Crippen LogP) is 4.22. The topological polar surface area (TPSA) is 89.4 Å². The summed E-state index contributed by atoms with van der Waals surface area (Å²) in [6.07, 6.45) is 3.35. The van der Waals surface area contributed by atoms with Crippen LogP contribution < -0.4 is 5.32 Å². The molecule has 0 bridgehead atoms. The van der Waals surface area contributed by atoms with E-state index in [4.69, 9.17) is 9.84 Å². The molecule has 1 saturated heterocycles. The first-order chi connectivity index (χ1) is 17.6. The summed E-state index contributed by atoms with van der Waals surface area (Å²) in [6, 6.07) is 17.4. The number of hydrogen-bond acceptors (Lipinski definition) is 5. The molecule has 8 nitrogen and oxygen atoms in total. The fraction of sp³-hybridized carbons (Fsp3) is 0.286. The SMILES string of the molecule is CC(=O)N1CCc2c(c(-c3cccc(C(=O)Nc4cnc5ccccc5c4)c3)nn2C2CCOC2)C1. The van der Waals surface area contributed by atoms with Crippen molar-refractivity contribution in [1.29, 1.82) is 0 Å². The lowest BCUT2D eigenvalue weighted by molar-refractivity contribution is -0.129. The van der Waals surface area contributed by atoms with Gasteiger partial charge in [0.05, 0.1) is 35.7 Å². The van der Waals surface area contributed by atoms with Gasteiger partial charge in [-0.25, -0.2) is 0 Å². The van der Waals surface area contributed by atoms with Gasteiger partial charge in [-0.05, 0) is 30.7 Å². The van der Waals surface area contributed by atoms with Gasteiger partial charge in [0.2, 0.25) is 5.91 Å². The number of anilines is 1. The Morgan fingerprint density at radius 3 is 2.83 bits per heavy atom. The number of nitrogens with one attached hydrogen (secondary N) is 1. The highest BCUT2D eigenvalue weighted by molar-refractivity contribution is 6.05. The van der Waals surface area contributed by atoms with Crippen molar-refractivity contribution in [2.75, 3.05) is 25.1 Å². The highest BCUT2D eigenvalue weighted by Gasteiger charge is 2.30. The lowest BCUT2D eigenvalue weighted by Gasteiger charge is -2.27. The number of hydrogen-bond donors (Lipinski definition) is 1. The molecule has 0 saturated carbocycles. The van der Waals surface area contributed by atoms with E-state index < -0.39 is 0 Å². The van der Waals surface area contributed by atoms with Crippen molar-refractivity contribution >= 4 is 28.4 Å². The zero-order valence-corrected chi connectivity index (χ0v) is 20.1. The van der Waals surface area contributed by atoms with Crippen LogP contribution in [0.25, 0.3) is 22.2 Å². The summed E-state index contributed by atoms with van der Waals surface area (Å²) >= 11 is 0. The fourth-order valence-corrected chi connectivity index (χ4v) is 5.11. The van der Waals surface area contributed by atoms with Crippen molar-refractivity contribution in [3.8, 4) is 11.3 Å². The summed E-state index contributed by atoms with van der Waals surface area (Å²) in [5, 5.41) is 8.95. The number of pyridine rings is 1. The van der Waals surface area contributed by atoms with Gasteiger partial charge in [0.15, 0.2) is 0 Å². The zero-order valence-electron chi connectivity index (χ0n) is 20.1. The van der Waals surface area contributed by atoms with Crippen LogP contribution in [0.5, 0.6) is 0 Å². The number of carbonyl (C=O) groups excluding carboxylic acids is 2. The van der Waals surface area contributed by atoms with Crippen molar-refractivity contribution in [3.63, 3.8) is 0 Å². The van der Waals surface area contributed by atoms with E-state index in [1.54, 1.807) is 19.2 Å². The monoisotopic (exact) mass is 481 g/mol. The van der Waals surface area contributed by atoms with Gasteiger partial charge >= 0.3 is 0 Å². The average Bonchev–Trinajstić information content (AvgIpc) is 3.56. The van der Waals surface area contributed by atoms with Crippen LogP contribution in [0.3, 0.4) is 0 Å². The molecule has 36 heavy (non-hydrogen) atoms. The molecule has 4 heterocycles. The number of amides is 2. The normalized spacial score (nSPS) is 17.2. The molecule has 182 valence electrons. The molecule has 2 aromatic heterocycles. The molecular weight excluding hydrogens is 454 g/mol. The maximum atomic E-state index is 13.1. The third-order valence-electron chi connectivity index (χ3n) is 7.03. The molecule has 1 fully saturated rings. The molecule has 4 aromatic rings. The van der Waals surface area contributed by atoms with Crippen LogP contribution in [0, 0.1) is 0 Å². The Morgan fingerprint density at radius 2 is 2.00 bits per heavy atom. The number of fused-ring (bicyclic) bond motifs is 2. The molecule has 8 heteroatoms. The summed E-state index contributed by atoms with van der Waals surface area (Å²) in [5.74, 6) is -0.155. The van der Waals surface area contributed by atoms with Crippen LogP contribution in [-0.4, -0.2) is 51.2 Å². The van der Waals surface area contributed by atoms with Crippen LogP contribution >= 0.6 is 0 Å². The third-order valence-corrected chi connectivity index (χ3v) is 7.03.